The van der Waals surface area contributed by atoms with Crippen molar-refractivity contribution >= 4 is 15.6 Å². The van der Waals surface area contributed by atoms with Gasteiger partial charge in [-0.1, -0.05) is 0 Å². The van der Waals surface area contributed by atoms with Crippen molar-refractivity contribution < 1.29 is 17.6 Å². The highest BCUT2D eigenvalue weighted by atomic mass is 32.2. The van der Waals surface area contributed by atoms with Crippen LogP contribution in [0.2, 0.25) is 0 Å². The van der Waals surface area contributed by atoms with Crippen molar-refractivity contribution in [1.29, 1.82) is 0 Å². The third-order valence-electron chi connectivity index (χ3n) is 2.07. The zero-order chi connectivity index (χ0) is 9.35. The van der Waals surface area contributed by atoms with Gasteiger partial charge in [0.25, 0.3) is 0 Å². The third kappa shape index (κ3) is 2.03. The van der Waals surface area contributed by atoms with Gasteiger partial charge in [-0.2, -0.15) is 0 Å². The Labute approximate surface area is 70.9 Å². The summed E-state index contributed by atoms with van der Waals surface area (Å²) in [6, 6.07) is 0. The van der Waals surface area contributed by atoms with Crippen molar-refractivity contribution in [2.45, 2.75) is 19.5 Å². The molecular formula is C7H11FO3S. The van der Waals surface area contributed by atoms with Gasteiger partial charge >= 0.3 is 0 Å². The van der Waals surface area contributed by atoms with E-state index in [0.29, 0.717) is 0 Å². The number of Topliss-reactive ketones (excluding diaryl/α,β-unsaturated/α-hetero) is 1. The van der Waals surface area contributed by atoms with Gasteiger partial charge in [0.1, 0.15) is 0 Å². The van der Waals surface area contributed by atoms with Crippen LogP contribution >= 0.6 is 0 Å². The van der Waals surface area contributed by atoms with E-state index in [1.54, 1.807) is 0 Å². The van der Waals surface area contributed by atoms with Crippen molar-refractivity contribution in [2.75, 3.05) is 11.5 Å². The van der Waals surface area contributed by atoms with Crippen molar-refractivity contribution in [3.05, 3.63) is 0 Å². The molecule has 0 aromatic rings. The summed E-state index contributed by atoms with van der Waals surface area (Å²) in [5, 5.41) is 0. The molecule has 2 atom stereocenters. The fourth-order valence-electron chi connectivity index (χ4n) is 1.39. The van der Waals surface area contributed by atoms with Gasteiger partial charge in [-0.25, -0.2) is 12.8 Å². The molecule has 1 heterocycles. The SMILES string of the molecule is CC(=O)C(F)C1CCS(=O)(=O)C1. The fourth-order valence-corrected chi connectivity index (χ4v) is 3.20. The third-order valence-corrected chi connectivity index (χ3v) is 3.86. The van der Waals surface area contributed by atoms with E-state index in [-0.39, 0.29) is 17.9 Å². The van der Waals surface area contributed by atoms with Crippen LogP contribution in [0.25, 0.3) is 0 Å². The summed E-state index contributed by atoms with van der Waals surface area (Å²) < 4.78 is 34.7. The minimum atomic E-state index is -3.07. The zero-order valence-electron chi connectivity index (χ0n) is 6.79. The first-order chi connectivity index (χ1) is 5.42. The molecule has 5 heteroatoms. The Bertz CT molecular complexity index is 283. The van der Waals surface area contributed by atoms with E-state index in [4.69, 9.17) is 0 Å². The van der Waals surface area contributed by atoms with E-state index in [1.807, 2.05) is 0 Å². The average molecular weight is 194 g/mol. The van der Waals surface area contributed by atoms with Crippen LogP contribution in [-0.4, -0.2) is 31.9 Å². The molecule has 1 saturated heterocycles. The summed E-state index contributed by atoms with van der Waals surface area (Å²) in [7, 11) is -3.07. The molecule has 0 saturated carbocycles. The minimum Gasteiger partial charge on any atom is -0.297 e. The van der Waals surface area contributed by atoms with Crippen LogP contribution in [0.15, 0.2) is 0 Å². The van der Waals surface area contributed by atoms with Crippen LogP contribution in [-0.2, 0) is 14.6 Å². The molecule has 0 spiro atoms. The van der Waals surface area contributed by atoms with Crippen LogP contribution in [0.4, 0.5) is 4.39 Å². The molecule has 0 radical (unpaired) electrons. The molecule has 1 aliphatic rings. The topological polar surface area (TPSA) is 51.2 Å². The van der Waals surface area contributed by atoms with Gasteiger partial charge in [0, 0.05) is 5.92 Å². The number of hydrogen-bond acceptors (Lipinski definition) is 3. The van der Waals surface area contributed by atoms with Gasteiger partial charge in [-0.05, 0) is 13.3 Å². The smallest absolute Gasteiger partial charge is 0.164 e. The van der Waals surface area contributed by atoms with Crippen LogP contribution in [0, 0.1) is 5.92 Å². The first-order valence-corrected chi connectivity index (χ1v) is 5.59. The van der Waals surface area contributed by atoms with Crippen molar-refractivity contribution in [1.82, 2.24) is 0 Å². The Kier molecular flexibility index (Phi) is 2.51. The lowest BCUT2D eigenvalue weighted by atomic mass is 10.0. The molecule has 0 aromatic heterocycles. The average Bonchev–Trinajstić information content (AvgIpc) is 2.28. The Morgan fingerprint density at radius 2 is 2.17 bits per heavy atom. The molecule has 0 amide bonds. The number of ketones is 1. The molecule has 2 unspecified atom stereocenters. The van der Waals surface area contributed by atoms with Crippen molar-refractivity contribution in [3.8, 4) is 0 Å². The van der Waals surface area contributed by atoms with Gasteiger partial charge in [0.2, 0.25) is 0 Å². The molecule has 3 nitrogen and oxygen atoms in total. The normalized spacial score (nSPS) is 30.0. The van der Waals surface area contributed by atoms with E-state index >= 15 is 0 Å². The number of carbonyl (C=O) groups is 1. The molecule has 12 heavy (non-hydrogen) atoms. The molecule has 70 valence electrons. The molecule has 1 fully saturated rings. The maximum absolute atomic E-state index is 13.0. The minimum absolute atomic E-state index is 0.0192. The predicted octanol–water partition coefficient (Wildman–Crippen LogP) is 0.348. The summed E-state index contributed by atoms with van der Waals surface area (Å²) in [4.78, 5) is 10.6. The standard InChI is InChI=1S/C7H11FO3S/c1-5(9)7(8)6-2-3-12(10,11)4-6/h6-7H,2-4H2,1H3. The molecule has 0 N–H and O–H groups in total. The van der Waals surface area contributed by atoms with E-state index in [2.05, 4.69) is 0 Å². The first-order valence-electron chi connectivity index (χ1n) is 3.77. The van der Waals surface area contributed by atoms with E-state index < -0.39 is 27.7 Å². The van der Waals surface area contributed by atoms with Gasteiger partial charge in [0.05, 0.1) is 11.5 Å². The van der Waals surface area contributed by atoms with Crippen molar-refractivity contribution in [2.24, 2.45) is 5.92 Å². The highest BCUT2D eigenvalue weighted by molar-refractivity contribution is 7.91. The largest absolute Gasteiger partial charge is 0.297 e. The summed E-state index contributed by atoms with van der Waals surface area (Å²) in [6.45, 7) is 1.15. The van der Waals surface area contributed by atoms with Gasteiger partial charge in [0.15, 0.2) is 21.8 Å². The summed E-state index contributed by atoms with van der Waals surface area (Å²) >= 11 is 0. The second-order valence-electron chi connectivity index (χ2n) is 3.18. The Hall–Kier alpha value is -0.450. The fraction of sp³-hybridized carbons (Fsp3) is 0.857. The Morgan fingerprint density at radius 1 is 1.58 bits per heavy atom. The number of rotatable bonds is 2. The lowest BCUT2D eigenvalue weighted by Crippen LogP contribution is -2.24. The van der Waals surface area contributed by atoms with Crippen LogP contribution in [0.1, 0.15) is 13.3 Å². The molecular weight excluding hydrogens is 183 g/mol. The molecule has 0 aromatic carbocycles. The van der Waals surface area contributed by atoms with E-state index in [0.717, 1.165) is 6.92 Å². The lowest BCUT2D eigenvalue weighted by molar-refractivity contribution is -0.123. The first kappa shape index (κ1) is 9.64. The quantitative estimate of drug-likeness (QED) is 0.637. The Balaban J connectivity index is 2.64. The maximum atomic E-state index is 13.0. The van der Waals surface area contributed by atoms with Gasteiger partial charge in [-0.3, -0.25) is 4.79 Å². The second-order valence-corrected chi connectivity index (χ2v) is 5.40. The predicted molar refractivity (Wildman–Crippen MR) is 42.3 cm³/mol. The number of alkyl halides is 1. The van der Waals surface area contributed by atoms with Crippen LogP contribution < -0.4 is 0 Å². The van der Waals surface area contributed by atoms with Gasteiger partial charge in [-0.15, -0.1) is 0 Å². The van der Waals surface area contributed by atoms with E-state index in [1.165, 1.54) is 0 Å². The van der Waals surface area contributed by atoms with Crippen molar-refractivity contribution in [3.63, 3.8) is 0 Å². The molecule has 0 bridgehead atoms. The zero-order valence-corrected chi connectivity index (χ0v) is 7.60. The van der Waals surface area contributed by atoms with Crippen LogP contribution in [0.3, 0.4) is 0 Å². The number of hydrogen-bond donors (Lipinski definition) is 0. The lowest BCUT2D eigenvalue weighted by Gasteiger charge is -2.09. The summed E-state index contributed by atoms with van der Waals surface area (Å²) in [5.41, 5.74) is 0. The number of sulfone groups is 1. The Morgan fingerprint density at radius 3 is 2.50 bits per heavy atom. The highest BCUT2D eigenvalue weighted by Crippen LogP contribution is 2.24. The number of carbonyl (C=O) groups excluding carboxylic acids is 1. The summed E-state index contributed by atoms with van der Waals surface area (Å²) in [5.74, 6) is -1.33. The van der Waals surface area contributed by atoms with Crippen LogP contribution in [0.5, 0.6) is 0 Å². The van der Waals surface area contributed by atoms with E-state index in [9.17, 15) is 17.6 Å². The molecule has 0 aliphatic carbocycles. The molecule has 1 rings (SSSR count). The monoisotopic (exact) mass is 194 g/mol. The molecule has 1 aliphatic heterocycles. The second kappa shape index (κ2) is 3.12. The highest BCUT2D eigenvalue weighted by Gasteiger charge is 2.35. The summed E-state index contributed by atoms with van der Waals surface area (Å²) in [6.07, 6.45) is -1.31. The maximum Gasteiger partial charge on any atom is 0.164 e. The van der Waals surface area contributed by atoms with Gasteiger partial charge < -0.3 is 0 Å². The number of halogens is 1.